The molecule has 156 valence electrons. The Morgan fingerprint density at radius 1 is 0.452 bits per heavy atom. The maximum atomic E-state index is 13.5. The number of benzene rings is 4. The van der Waals surface area contributed by atoms with Crippen LogP contribution in [0.2, 0.25) is 0 Å². The highest BCUT2D eigenvalue weighted by molar-refractivity contribution is 5.26. The van der Waals surface area contributed by atoms with Crippen LogP contribution in [0.25, 0.3) is 0 Å². The predicted molar refractivity (Wildman–Crippen MR) is 114 cm³/mol. The molecule has 31 heavy (non-hydrogen) atoms. The number of hydrogen-bond donors (Lipinski definition) is 0. The molecule has 4 rings (SSSR count). The van der Waals surface area contributed by atoms with Crippen LogP contribution in [-0.4, -0.2) is 0 Å². The minimum absolute atomic E-state index is 0.363. The molecule has 0 bridgehead atoms. The number of rotatable bonds is 8. The van der Waals surface area contributed by atoms with Crippen LogP contribution in [0.15, 0.2) is 109 Å². The van der Waals surface area contributed by atoms with E-state index in [4.69, 9.17) is 14.2 Å². The second kappa shape index (κ2) is 9.87. The first kappa shape index (κ1) is 20.6. The first-order chi connectivity index (χ1) is 15.2. The molecule has 4 aromatic carbocycles. The molecule has 0 aliphatic carbocycles. The Hall–Kier alpha value is -3.70. The average Bonchev–Trinajstić information content (AvgIpc) is 2.80. The summed E-state index contributed by atoms with van der Waals surface area (Å²) in [5.41, 5.74) is 1.21. The number of ether oxygens (including phenoxy) is 3. The average molecular weight is 418 g/mol. The second-order valence-corrected chi connectivity index (χ2v) is 6.76. The van der Waals surface area contributed by atoms with Gasteiger partial charge in [0.25, 0.3) is 0 Å². The zero-order chi connectivity index (χ0) is 21.5. The molecule has 0 heterocycles. The van der Waals surface area contributed by atoms with Gasteiger partial charge in [0.15, 0.2) is 0 Å². The summed E-state index contributed by atoms with van der Waals surface area (Å²) in [5, 5.41) is 0. The summed E-state index contributed by atoms with van der Waals surface area (Å²) >= 11 is 0. The van der Waals surface area contributed by atoms with E-state index in [0.29, 0.717) is 22.6 Å². The second-order valence-electron chi connectivity index (χ2n) is 6.76. The predicted octanol–water partition coefficient (Wildman–Crippen LogP) is 6.84. The summed E-state index contributed by atoms with van der Waals surface area (Å²) in [5.74, 6) is 0.430. The molecule has 0 aliphatic rings. The molecular weight excluding hydrogens is 398 g/mol. The van der Waals surface area contributed by atoms with Gasteiger partial charge in [-0.1, -0.05) is 36.4 Å². The zero-order valence-corrected chi connectivity index (χ0v) is 16.5. The zero-order valence-electron chi connectivity index (χ0n) is 16.5. The topological polar surface area (TPSA) is 27.7 Å². The van der Waals surface area contributed by atoms with Crippen LogP contribution in [0.4, 0.5) is 8.78 Å². The standard InChI is InChI=1S/C26H20F2O3/c27-21-15-11-19(12-16-21)25(29-23-7-3-1-4-8-23)31-26(20-13-17-22(28)18-14-20)30-24-9-5-2-6-10-24/h1-18,25-26H. The van der Waals surface area contributed by atoms with E-state index in [1.54, 1.807) is 48.5 Å². The fraction of sp³-hybridized carbons (Fsp3) is 0.0769. The first-order valence-corrected chi connectivity index (χ1v) is 9.77. The van der Waals surface area contributed by atoms with E-state index in [2.05, 4.69) is 0 Å². The van der Waals surface area contributed by atoms with E-state index >= 15 is 0 Å². The van der Waals surface area contributed by atoms with Gasteiger partial charge in [-0.2, -0.15) is 0 Å². The Kier molecular flexibility index (Phi) is 6.55. The Morgan fingerprint density at radius 2 is 0.806 bits per heavy atom. The van der Waals surface area contributed by atoms with E-state index in [0.717, 1.165) is 0 Å². The van der Waals surface area contributed by atoms with Crippen LogP contribution in [0.5, 0.6) is 11.5 Å². The summed E-state index contributed by atoms with van der Waals surface area (Å²) in [7, 11) is 0. The van der Waals surface area contributed by atoms with Crippen molar-refractivity contribution in [2.75, 3.05) is 0 Å². The van der Waals surface area contributed by atoms with Crippen molar-refractivity contribution in [1.29, 1.82) is 0 Å². The minimum Gasteiger partial charge on any atom is -0.460 e. The smallest absolute Gasteiger partial charge is 0.230 e. The first-order valence-electron chi connectivity index (χ1n) is 9.77. The molecule has 0 amide bonds. The highest BCUT2D eigenvalue weighted by Crippen LogP contribution is 2.31. The number of para-hydroxylation sites is 2. The van der Waals surface area contributed by atoms with Crippen molar-refractivity contribution in [3.8, 4) is 11.5 Å². The Morgan fingerprint density at radius 3 is 1.16 bits per heavy atom. The molecule has 0 aliphatic heterocycles. The fourth-order valence-corrected chi connectivity index (χ4v) is 2.95. The lowest BCUT2D eigenvalue weighted by Gasteiger charge is -2.26. The molecule has 0 fully saturated rings. The van der Waals surface area contributed by atoms with E-state index in [1.807, 2.05) is 36.4 Å². The molecule has 0 aromatic heterocycles. The molecular formula is C26H20F2O3. The van der Waals surface area contributed by atoms with E-state index in [1.165, 1.54) is 24.3 Å². The van der Waals surface area contributed by atoms with Crippen molar-refractivity contribution < 1.29 is 23.0 Å². The van der Waals surface area contributed by atoms with Gasteiger partial charge in [-0.15, -0.1) is 0 Å². The summed E-state index contributed by atoms with van der Waals surface area (Å²) in [6.07, 6.45) is -1.80. The molecule has 0 saturated carbocycles. The van der Waals surface area contributed by atoms with Crippen LogP contribution >= 0.6 is 0 Å². The highest BCUT2D eigenvalue weighted by Gasteiger charge is 2.23. The summed E-state index contributed by atoms with van der Waals surface area (Å²) in [6, 6.07) is 30.0. The molecule has 3 nitrogen and oxygen atoms in total. The maximum Gasteiger partial charge on any atom is 0.230 e. The van der Waals surface area contributed by atoms with Gasteiger partial charge >= 0.3 is 0 Å². The van der Waals surface area contributed by atoms with Crippen LogP contribution in [0.3, 0.4) is 0 Å². The van der Waals surface area contributed by atoms with E-state index < -0.39 is 12.6 Å². The van der Waals surface area contributed by atoms with Gasteiger partial charge in [-0.3, -0.25) is 4.74 Å². The quantitative estimate of drug-likeness (QED) is 0.293. The molecule has 2 unspecified atom stereocenters. The maximum absolute atomic E-state index is 13.5. The fourth-order valence-electron chi connectivity index (χ4n) is 2.95. The number of halogens is 2. The minimum atomic E-state index is -0.901. The molecule has 4 aromatic rings. The number of hydrogen-bond acceptors (Lipinski definition) is 3. The third-order valence-corrected chi connectivity index (χ3v) is 4.50. The largest absolute Gasteiger partial charge is 0.460 e. The molecule has 0 radical (unpaired) electrons. The van der Waals surface area contributed by atoms with Gasteiger partial charge in [0, 0.05) is 11.1 Å². The molecule has 0 saturated heterocycles. The van der Waals surface area contributed by atoms with Crippen molar-refractivity contribution in [2.45, 2.75) is 12.6 Å². The third-order valence-electron chi connectivity index (χ3n) is 4.50. The van der Waals surface area contributed by atoms with Gasteiger partial charge in [0.2, 0.25) is 12.6 Å². The monoisotopic (exact) mass is 418 g/mol. The highest BCUT2D eigenvalue weighted by atomic mass is 19.1. The van der Waals surface area contributed by atoms with Crippen molar-refractivity contribution in [2.24, 2.45) is 0 Å². The van der Waals surface area contributed by atoms with Crippen molar-refractivity contribution in [3.63, 3.8) is 0 Å². The Bertz CT molecular complexity index is 980. The molecule has 2 atom stereocenters. The molecule has 0 N–H and O–H groups in total. The van der Waals surface area contributed by atoms with Gasteiger partial charge in [0.05, 0.1) is 0 Å². The van der Waals surface area contributed by atoms with Crippen LogP contribution in [-0.2, 0) is 4.74 Å². The Labute approximate surface area is 179 Å². The third kappa shape index (κ3) is 5.68. The molecule has 0 spiro atoms. The lowest BCUT2D eigenvalue weighted by molar-refractivity contribution is -0.192. The van der Waals surface area contributed by atoms with E-state index in [9.17, 15) is 8.78 Å². The van der Waals surface area contributed by atoms with Gasteiger partial charge in [-0.25, -0.2) is 8.78 Å². The van der Waals surface area contributed by atoms with Crippen LogP contribution in [0.1, 0.15) is 23.7 Å². The van der Waals surface area contributed by atoms with Crippen molar-refractivity contribution in [1.82, 2.24) is 0 Å². The van der Waals surface area contributed by atoms with Gasteiger partial charge in [0.1, 0.15) is 23.1 Å². The SMILES string of the molecule is Fc1ccc(C(Oc2ccccc2)OC(Oc2ccccc2)c2ccc(F)cc2)cc1. The van der Waals surface area contributed by atoms with Crippen LogP contribution < -0.4 is 9.47 Å². The molecule has 5 heteroatoms. The lowest BCUT2D eigenvalue weighted by atomic mass is 10.2. The Balaban J connectivity index is 1.66. The van der Waals surface area contributed by atoms with E-state index in [-0.39, 0.29) is 11.6 Å². The summed E-state index contributed by atoms with van der Waals surface area (Å²) in [6.45, 7) is 0. The van der Waals surface area contributed by atoms with Crippen LogP contribution in [0, 0.1) is 11.6 Å². The van der Waals surface area contributed by atoms with Crippen molar-refractivity contribution >= 4 is 0 Å². The van der Waals surface area contributed by atoms with Crippen molar-refractivity contribution in [3.05, 3.63) is 132 Å². The summed E-state index contributed by atoms with van der Waals surface area (Å²) in [4.78, 5) is 0. The van der Waals surface area contributed by atoms with Gasteiger partial charge < -0.3 is 9.47 Å². The summed E-state index contributed by atoms with van der Waals surface area (Å²) < 4.78 is 45.3. The van der Waals surface area contributed by atoms with Gasteiger partial charge in [-0.05, 0) is 72.8 Å². The lowest BCUT2D eigenvalue weighted by Crippen LogP contribution is -2.20. The normalized spacial score (nSPS) is 12.7.